The largest absolute Gasteiger partial charge is 0.497 e. The molecule has 0 fully saturated rings. The Morgan fingerprint density at radius 2 is 2.22 bits per heavy atom. The Labute approximate surface area is 118 Å². The highest BCUT2D eigenvalue weighted by Crippen LogP contribution is 2.33. The third-order valence-corrected chi connectivity index (χ3v) is 4.03. The number of aromatic nitrogens is 2. The van der Waals surface area contributed by atoms with E-state index in [0.717, 1.165) is 20.1 Å². The molecule has 0 spiro atoms. The van der Waals surface area contributed by atoms with Crippen LogP contribution in [-0.2, 0) is 0 Å². The molecule has 1 aromatic carbocycles. The second kappa shape index (κ2) is 6.06. The lowest BCUT2D eigenvalue weighted by Gasteiger charge is -2.06. The summed E-state index contributed by atoms with van der Waals surface area (Å²) in [6.45, 7) is 0. The van der Waals surface area contributed by atoms with Crippen molar-refractivity contribution in [3.05, 3.63) is 34.9 Å². The van der Waals surface area contributed by atoms with Gasteiger partial charge in [0.2, 0.25) is 5.95 Å². The molecule has 0 amide bonds. The molecule has 1 heterocycles. The SMILES string of the molecule is CNc1ncc(Br)c(Sc2cccc(OC)c2)n1. The number of hydrogen-bond acceptors (Lipinski definition) is 5. The number of nitrogens with zero attached hydrogens (tertiary/aromatic N) is 2. The molecule has 18 heavy (non-hydrogen) atoms. The summed E-state index contributed by atoms with van der Waals surface area (Å²) in [5.74, 6) is 1.43. The Bertz CT molecular complexity index is 551. The Hall–Kier alpha value is -1.27. The summed E-state index contributed by atoms with van der Waals surface area (Å²) < 4.78 is 6.07. The van der Waals surface area contributed by atoms with Crippen LogP contribution in [0, 0.1) is 0 Å². The second-order valence-electron chi connectivity index (χ2n) is 3.38. The lowest BCUT2D eigenvalue weighted by atomic mass is 10.3. The molecule has 0 radical (unpaired) electrons. The normalized spacial score (nSPS) is 10.2. The van der Waals surface area contributed by atoms with Gasteiger partial charge < -0.3 is 10.1 Å². The molecule has 94 valence electrons. The number of hydrogen-bond donors (Lipinski definition) is 1. The number of halogens is 1. The molecule has 0 saturated carbocycles. The third kappa shape index (κ3) is 3.14. The molecule has 1 aromatic heterocycles. The van der Waals surface area contributed by atoms with E-state index in [4.69, 9.17) is 4.74 Å². The van der Waals surface area contributed by atoms with Crippen molar-refractivity contribution in [2.24, 2.45) is 0 Å². The highest BCUT2D eigenvalue weighted by molar-refractivity contribution is 9.10. The molecule has 4 nitrogen and oxygen atoms in total. The van der Waals surface area contributed by atoms with E-state index in [-0.39, 0.29) is 0 Å². The number of benzene rings is 1. The topological polar surface area (TPSA) is 47.0 Å². The zero-order chi connectivity index (χ0) is 13.0. The van der Waals surface area contributed by atoms with Crippen LogP contribution in [0.3, 0.4) is 0 Å². The van der Waals surface area contributed by atoms with Gasteiger partial charge in [-0.1, -0.05) is 17.8 Å². The Kier molecular flexibility index (Phi) is 4.43. The van der Waals surface area contributed by atoms with E-state index in [9.17, 15) is 0 Å². The number of rotatable bonds is 4. The summed E-state index contributed by atoms with van der Waals surface area (Å²) in [5.41, 5.74) is 0. The van der Waals surface area contributed by atoms with Gasteiger partial charge in [0.25, 0.3) is 0 Å². The van der Waals surface area contributed by atoms with Crippen molar-refractivity contribution < 1.29 is 4.74 Å². The predicted octanol–water partition coefficient (Wildman–Crippen LogP) is 3.44. The van der Waals surface area contributed by atoms with Crippen LogP contribution >= 0.6 is 27.7 Å². The minimum Gasteiger partial charge on any atom is -0.497 e. The number of nitrogens with one attached hydrogen (secondary N) is 1. The van der Waals surface area contributed by atoms with Crippen LogP contribution in [0.4, 0.5) is 5.95 Å². The van der Waals surface area contributed by atoms with E-state index in [1.54, 1.807) is 32.1 Å². The minimum absolute atomic E-state index is 0.601. The van der Waals surface area contributed by atoms with Gasteiger partial charge in [-0.15, -0.1) is 0 Å². The maximum atomic E-state index is 5.20. The molecule has 1 N–H and O–H groups in total. The van der Waals surface area contributed by atoms with Gasteiger partial charge in [-0.2, -0.15) is 0 Å². The third-order valence-electron chi connectivity index (χ3n) is 2.19. The molecule has 0 unspecified atom stereocenters. The van der Waals surface area contributed by atoms with Gasteiger partial charge in [-0.25, -0.2) is 9.97 Å². The van der Waals surface area contributed by atoms with Crippen LogP contribution in [0.2, 0.25) is 0 Å². The zero-order valence-electron chi connectivity index (χ0n) is 9.98. The van der Waals surface area contributed by atoms with E-state index in [1.807, 2.05) is 24.3 Å². The quantitative estimate of drug-likeness (QED) is 0.872. The number of ether oxygens (including phenoxy) is 1. The molecule has 0 bridgehead atoms. The monoisotopic (exact) mass is 325 g/mol. The van der Waals surface area contributed by atoms with Crippen molar-refractivity contribution >= 4 is 33.6 Å². The van der Waals surface area contributed by atoms with Crippen LogP contribution in [0.1, 0.15) is 0 Å². The maximum absolute atomic E-state index is 5.20. The molecule has 2 rings (SSSR count). The van der Waals surface area contributed by atoms with Gasteiger partial charge in [0.1, 0.15) is 10.8 Å². The number of methoxy groups -OCH3 is 1. The van der Waals surface area contributed by atoms with Gasteiger partial charge in [-0.05, 0) is 34.1 Å². The molecule has 0 saturated heterocycles. The minimum atomic E-state index is 0.601. The maximum Gasteiger partial charge on any atom is 0.223 e. The molecular formula is C12H12BrN3OS. The number of anilines is 1. The van der Waals surface area contributed by atoms with Crippen molar-refractivity contribution in [2.75, 3.05) is 19.5 Å². The second-order valence-corrected chi connectivity index (χ2v) is 5.29. The fourth-order valence-electron chi connectivity index (χ4n) is 1.32. The van der Waals surface area contributed by atoms with Crippen LogP contribution in [0.25, 0.3) is 0 Å². The first kappa shape index (κ1) is 13.2. The fourth-order valence-corrected chi connectivity index (χ4v) is 2.58. The van der Waals surface area contributed by atoms with Gasteiger partial charge in [0, 0.05) is 18.1 Å². The van der Waals surface area contributed by atoms with Gasteiger partial charge in [0.15, 0.2) is 0 Å². The summed E-state index contributed by atoms with van der Waals surface area (Å²) in [6, 6.07) is 7.85. The summed E-state index contributed by atoms with van der Waals surface area (Å²) in [5, 5.41) is 3.79. The van der Waals surface area contributed by atoms with Crippen LogP contribution in [0.15, 0.2) is 44.9 Å². The van der Waals surface area contributed by atoms with Gasteiger partial charge in [0.05, 0.1) is 11.6 Å². The lowest BCUT2D eigenvalue weighted by Crippen LogP contribution is -1.97. The standard InChI is InChI=1S/C12H12BrN3OS/c1-14-12-15-7-10(13)11(16-12)18-9-5-3-4-8(6-9)17-2/h3-7H,1-2H3,(H,14,15,16). The summed E-state index contributed by atoms with van der Waals surface area (Å²) in [7, 11) is 3.45. The van der Waals surface area contributed by atoms with Gasteiger partial charge >= 0.3 is 0 Å². The van der Waals surface area contributed by atoms with Crippen LogP contribution in [-0.4, -0.2) is 24.1 Å². The molecule has 0 aliphatic heterocycles. The first-order chi connectivity index (χ1) is 8.72. The Morgan fingerprint density at radius 3 is 2.94 bits per heavy atom. The summed E-state index contributed by atoms with van der Waals surface area (Å²) in [6.07, 6.45) is 1.74. The van der Waals surface area contributed by atoms with Crippen LogP contribution in [0.5, 0.6) is 5.75 Å². The Balaban J connectivity index is 2.27. The average Bonchev–Trinajstić information content (AvgIpc) is 2.41. The van der Waals surface area contributed by atoms with E-state index in [2.05, 4.69) is 31.2 Å². The fraction of sp³-hybridized carbons (Fsp3) is 0.167. The van der Waals surface area contributed by atoms with Crippen molar-refractivity contribution in [3.8, 4) is 5.75 Å². The first-order valence-corrected chi connectivity index (χ1v) is 6.86. The molecule has 0 aliphatic rings. The molecule has 0 atom stereocenters. The molecule has 0 aliphatic carbocycles. The van der Waals surface area contributed by atoms with Gasteiger partial charge in [-0.3, -0.25) is 0 Å². The first-order valence-electron chi connectivity index (χ1n) is 5.25. The summed E-state index contributed by atoms with van der Waals surface area (Å²) >= 11 is 5.00. The van der Waals surface area contributed by atoms with Crippen molar-refractivity contribution in [3.63, 3.8) is 0 Å². The molecule has 6 heteroatoms. The van der Waals surface area contributed by atoms with E-state index in [0.29, 0.717) is 5.95 Å². The highest BCUT2D eigenvalue weighted by Gasteiger charge is 2.07. The Morgan fingerprint density at radius 1 is 1.39 bits per heavy atom. The van der Waals surface area contributed by atoms with Crippen LogP contribution < -0.4 is 10.1 Å². The van der Waals surface area contributed by atoms with Crippen molar-refractivity contribution in [1.82, 2.24) is 9.97 Å². The van der Waals surface area contributed by atoms with E-state index < -0.39 is 0 Å². The lowest BCUT2D eigenvalue weighted by molar-refractivity contribution is 0.413. The zero-order valence-corrected chi connectivity index (χ0v) is 12.4. The van der Waals surface area contributed by atoms with E-state index in [1.165, 1.54) is 0 Å². The summed E-state index contributed by atoms with van der Waals surface area (Å²) in [4.78, 5) is 9.59. The highest BCUT2D eigenvalue weighted by atomic mass is 79.9. The predicted molar refractivity (Wildman–Crippen MR) is 76.4 cm³/mol. The van der Waals surface area contributed by atoms with Crippen molar-refractivity contribution in [2.45, 2.75) is 9.92 Å². The molecule has 2 aromatic rings. The average molecular weight is 326 g/mol. The van der Waals surface area contributed by atoms with E-state index >= 15 is 0 Å². The van der Waals surface area contributed by atoms with Crippen molar-refractivity contribution in [1.29, 1.82) is 0 Å². The smallest absolute Gasteiger partial charge is 0.223 e. The molecular weight excluding hydrogens is 314 g/mol.